The largest absolute Gasteiger partial charge is 0.329 e. The predicted octanol–water partition coefficient (Wildman–Crippen LogP) is 2.61. The van der Waals surface area contributed by atoms with E-state index in [1.165, 1.54) is 19.3 Å². The zero-order chi connectivity index (χ0) is 13.3. The summed E-state index contributed by atoms with van der Waals surface area (Å²) in [5.41, 5.74) is 8.20. The van der Waals surface area contributed by atoms with Crippen LogP contribution in [0.5, 0.6) is 0 Å². The Balaban J connectivity index is 2.17. The molecule has 0 atom stereocenters. The van der Waals surface area contributed by atoms with Gasteiger partial charge in [-0.3, -0.25) is 0 Å². The number of imidazole rings is 1. The molecule has 0 aromatic carbocycles. The number of pyridine rings is 1. The molecule has 1 fully saturated rings. The van der Waals surface area contributed by atoms with Crippen LogP contribution in [-0.2, 0) is 12.0 Å². The quantitative estimate of drug-likeness (QED) is 0.920. The van der Waals surface area contributed by atoms with Crippen LogP contribution in [0.2, 0.25) is 0 Å². The van der Waals surface area contributed by atoms with Crippen molar-refractivity contribution in [1.82, 2.24) is 14.5 Å². The van der Waals surface area contributed by atoms with E-state index >= 15 is 0 Å². The molecule has 1 aliphatic carbocycles. The lowest BCUT2D eigenvalue weighted by Crippen LogP contribution is -2.39. The number of nitrogens with two attached hydrogens (primary N) is 1. The van der Waals surface area contributed by atoms with Gasteiger partial charge >= 0.3 is 0 Å². The van der Waals surface area contributed by atoms with Crippen LogP contribution in [0.1, 0.15) is 44.9 Å². The number of nitrogens with zero attached hydrogens (tertiary/aromatic N) is 3. The van der Waals surface area contributed by atoms with Crippen molar-refractivity contribution in [2.75, 3.05) is 6.54 Å². The Labute approximate surface area is 114 Å². The Bertz CT molecular complexity index is 567. The van der Waals surface area contributed by atoms with Gasteiger partial charge in [-0.15, -0.1) is 0 Å². The molecule has 2 N–H and O–H groups in total. The standard InChI is InChI=1S/C15H22N4/c1-2-19-13-12(7-6-10-17-13)18-14(19)15(11-16)8-4-3-5-9-15/h6-7,10H,2-5,8-9,11,16H2,1H3. The molecule has 0 aliphatic heterocycles. The first-order chi connectivity index (χ1) is 9.30. The maximum Gasteiger partial charge on any atom is 0.159 e. The molecule has 19 heavy (non-hydrogen) atoms. The van der Waals surface area contributed by atoms with E-state index in [0.717, 1.165) is 36.4 Å². The first kappa shape index (κ1) is 12.6. The molecule has 4 heteroatoms. The van der Waals surface area contributed by atoms with Crippen molar-refractivity contribution < 1.29 is 0 Å². The van der Waals surface area contributed by atoms with Gasteiger partial charge in [0.1, 0.15) is 11.3 Å². The summed E-state index contributed by atoms with van der Waals surface area (Å²) >= 11 is 0. The maximum atomic E-state index is 6.14. The molecule has 0 amide bonds. The third-order valence-corrected chi connectivity index (χ3v) is 4.50. The Hall–Kier alpha value is -1.42. The van der Waals surface area contributed by atoms with Gasteiger partial charge in [0, 0.05) is 24.7 Å². The summed E-state index contributed by atoms with van der Waals surface area (Å²) in [5, 5.41) is 0. The third-order valence-electron chi connectivity index (χ3n) is 4.50. The number of rotatable bonds is 3. The van der Waals surface area contributed by atoms with E-state index in [0.29, 0.717) is 6.54 Å². The van der Waals surface area contributed by atoms with Crippen LogP contribution in [0, 0.1) is 0 Å². The monoisotopic (exact) mass is 258 g/mol. The normalized spacial score (nSPS) is 18.8. The Morgan fingerprint density at radius 2 is 2.11 bits per heavy atom. The van der Waals surface area contributed by atoms with Crippen molar-refractivity contribution in [3.63, 3.8) is 0 Å². The van der Waals surface area contributed by atoms with Crippen LogP contribution in [0.15, 0.2) is 18.3 Å². The molecular formula is C15H22N4. The van der Waals surface area contributed by atoms with E-state index in [-0.39, 0.29) is 5.41 Å². The maximum absolute atomic E-state index is 6.14. The van der Waals surface area contributed by atoms with Crippen LogP contribution in [0.4, 0.5) is 0 Å². The van der Waals surface area contributed by atoms with E-state index in [1.807, 2.05) is 18.3 Å². The van der Waals surface area contributed by atoms with Crippen molar-refractivity contribution >= 4 is 11.2 Å². The summed E-state index contributed by atoms with van der Waals surface area (Å²) in [6.07, 6.45) is 8.01. The SMILES string of the molecule is CCn1c(C2(CN)CCCCC2)nc2cccnc21. The van der Waals surface area contributed by atoms with Crippen molar-refractivity contribution in [3.8, 4) is 0 Å². The van der Waals surface area contributed by atoms with Crippen LogP contribution in [0.25, 0.3) is 11.2 Å². The van der Waals surface area contributed by atoms with Crippen molar-refractivity contribution in [1.29, 1.82) is 0 Å². The second-order valence-corrected chi connectivity index (χ2v) is 5.57. The van der Waals surface area contributed by atoms with E-state index in [1.54, 1.807) is 0 Å². The number of hydrogen-bond donors (Lipinski definition) is 1. The summed E-state index contributed by atoms with van der Waals surface area (Å²) in [5.74, 6) is 1.16. The Morgan fingerprint density at radius 1 is 1.32 bits per heavy atom. The summed E-state index contributed by atoms with van der Waals surface area (Å²) < 4.78 is 2.26. The lowest BCUT2D eigenvalue weighted by Gasteiger charge is -2.35. The molecule has 1 saturated carbocycles. The topological polar surface area (TPSA) is 56.7 Å². The molecule has 2 heterocycles. The Morgan fingerprint density at radius 3 is 2.79 bits per heavy atom. The zero-order valence-corrected chi connectivity index (χ0v) is 11.6. The van der Waals surface area contributed by atoms with Crippen LogP contribution >= 0.6 is 0 Å². The molecule has 2 aromatic heterocycles. The van der Waals surface area contributed by atoms with Gasteiger partial charge in [0.2, 0.25) is 0 Å². The van der Waals surface area contributed by atoms with Crippen molar-refractivity contribution in [3.05, 3.63) is 24.2 Å². The summed E-state index contributed by atoms with van der Waals surface area (Å²) in [7, 11) is 0. The minimum Gasteiger partial charge on any atom is -0.329 e. The minimum absolute atomic E-state index is 0.0644. The molecule has 0 unspecified atom stereocenters. The van der Waals surface area contributed by atoms with Gasteiger partial charge in [-0.05, 0) is 31.9 Å². The van der Waals surface area contributed by atoms with Gasteiger partial charge in [0.15, 0.2) is 5.65 Å². The second kappa shape index (κ2) is 4.93. The fourth-order valence-corrected chi connectivity index (χ4v) is 3.41. The smallest absolute Gasteiger partial charge is 0.159 e. The van der Waals surface area contributed by atoms with Crippen LogP contribution < -0.4 is 5.73 Å². The highest BCUT2D eigenvalue weighted by molar-refractivity contribution is 5.71. The number of aromatic nitrogens is 3. The highest BCUT2D eigenvalue weighted by Gasteiger charge is 2.37. The Kier molecular flexibility index (Phi) is 3.27. The minimum atomic E-state index is 0.0644. The third kappa shape index (κ3) is 1.94. The molecule has 102 valence electrons. The molecule has 0 bridgehead atoms. The fraction of sp³-hybridized carbons (Fsp3) is 0.600. The van der Waals surface area contributed by atoms with Gasteiger partial charge in [-0.2, -0.15) is 0 Å². The molecule has 0 radical (unpaired) electrons. The molecule has 0 saturated heterocycles. The lowest BCUT2D eigenvalue weighted by molar-refractivity contribution is 0.278. The fourth-order valence-electron chi connectivity index (χ4n) is 3.41. The summed E-state index contributed by atoms with van der Waals surface area (Å²) in [6.45, 7) is 3.76. The molecular weight excluding hydrogens is 236 g/mol. The van der Waals surface area contributed by atoms with Gasteiger partial charge in [0.05, 0.1) is 0 Å². The predicted molar refractivity (Wildman–Crippen MR) is 77.0 cm³/mol. The average molecular weight is 258 g/mol. The van der Waals surface area contributed by atoms with E-state index in [4.69, 9.17) is 10.7 Å². The summed E-state index contributed by atoms with van der Waals surface area (Å²) in [4.78, 5) is 9.36. The number of aryl methyl sites for hydroxylation is 1. The molecule has 1 aliphatic rings. The van der Waals surface area contributed by atoms with Gasteiger partial charge in [-0.1, -0.05) is 19.3 Å². The molecule has 3 rings (SSSR count). The first-order valence-corrected chi connectivity index (χ1v) is 7.32. The van der Waals surface area contributed by atoms with Gasteiger partial charge in [-0.25, -0.2) is 9.97 Å². The first-order valence-electron chi connectivity index (χ1n) is 7.32. The van der Waals surface area contributed by atoms with Crippen molar-refractivity contribution in [2.24, 2.45) is 5.73 Å². The van der Waals surface area contributed by atoms with Crippen LogP contribution in [0.3, 0.4) is 0 Å². The van der Waals surface area contributed by atoms with Gasteiger partial charge in [0.25, 0.3) is 0 Å². The van der Waals surface area contributed by atoms with Crippen molar-refractivity contribution in [2.45, 2.75) is 51.0 Å². The average Bonchev–Trinajstić information content (AvgIpc) is 2.87. The second-order valence-electron chi connectivity index (χ2n) is 5.57. The molecule has 4 nitrogen and oxygen atoms in total. The molecule has 0 spiro atoms. The van der Waals surface area contributed by atoms with E-state index in [2.05, 4.69) is 16.5 Å². The zero-order valence-electron chi connectivity index (χ0n) is 11.6. The van der Waals surface area contributed by atoms with Crippen LogP contribution in [-0.4, -0.2) is 21.1 Å². The highest BCUT2D eigenvalue weighted by atomic mass is 15.1. The highest BCUT2D eigenvalue weighted by Crippen LogP contribution is 2.39. The number of hydrogen-bond acceptors (Lipinski definition) is 3. The number of fused-ring (bicyclic) bond motifs is 1. The van der Waals surface area contributed by atoms with E-state index in [9.17, 15) is 0 Å². The molecule has 2 aromatic rings. The summed E-state index contributed by atoms with van der Waals surface area (Å²) in [6, 6.07) is 4.00. The van der Waals surface area contributed by atoms with E-state index < -0.39 is 0 Å². The van der Waals surface area contributed by atoms with Gasteiger partial charge < -0.3 is 10.3 Å². The lowest BCUT2D eigenvalue weighted by atomic mass is 9.73.